The summed E-state index contributed by atoms with van der Waals surface area (Å²) in [5.74, 6) is -3.51. The van der Waals surface area contributed by atoms with E-state index in [4.69, 9.17) is 14.2 Å². The number of carbonyl (C=O) groups is 3. The van der Waals surface area contributed by atoms with E-state index in [1.165, 1.54) is 14.2 Å². The highest BCUT2D eigenvalue weighted by atomic mass is 16.7. The van der Waals surface area contributed by atoms with Gasteiger partial charge in [0.25, 0.3) is 0 Å². The Hall–Kier alpha value is -1.63. The van der Waals surface area contributed by atoms with Gasteiger partial charge in [0.15, 0.2) is 0 Å². The molecule has 7 heteroatoms. The zero-order chi connectivity index (χ0) is 14.2. The van der Waals surface area contributed by atoms with Gasteiger partial charge in [-0.1, -0.05) is 0 Å². The molecule has 0 amide bonds. The molecule has 106 valence electrons. The first kappa shape index (κ1) is 13.8. The molecule has 5 atom stereocenters. The molecule has 2 rings (SSSR count). The Balaban J connectivity index is 2.31. The lowest BCUT2D eigenvalue weighted by Gasteiger charge is -2.31. The number of rotatable bonds is 2. The fourth-order valence-electron chi connectivity index (χ4n) is 2.79. The van der Waals surface area contributed by atoms with E-state index < -0.39 is 48.1 Å². The molecular formula is C12H16O7. The highest BCUT2D eigenvalue weighted by molar-refractivity contribution is 5.83. The van der Waals surface area contributed by atoms with Crippen LogP contribution in [0.4, 0.5) is 0 Å². The minimum atomic E-state index is -0.899. The minimum absolute atomic E-state index is 0.114. The fourth-order valence-corrected chi connectivity index (χ4v) is 2.79. The van der Waals surface area contributed by atoms with Crippen molar-refractivity contribution in [3.63, 3.8) is 0 Å². The first-order valence-electron chi connectivity index (χ1n) is 6.00. The lowest BCUT2D eigenvalue weighted by atomic mass is 9.77. The quantitative estimate of drug-likeness (QED) is 0.511. The Morgan fingerprint density at radius 3 is 2.42 bits per heavy atom. The van der Waals surface area contributed by atoms with Gasteiger partial charge in [-0.15, -0.1) is 0 Å². The van der Waals surface area contributed by atoms with Crippen molar-refractivity contribution in [2.24, 2.45) is 17.8 Å². The molecule has 2 unspecified atom stereocenters. The van der Waals surface area contributed by atoms with Gasteiger partial charge in [-0.25, -0.2) is 0 Å². The van der Waals surface area contributed by atoms with E-state index in [1.807, 2.05) is 0 Å². The van der Waals surface area contributed by atoms with Crippen LogP contribution in [-0.4, -0.2) is 44.5 Å². The smallest absolute Gasteiger partial charge is 0.311 e. The maximum absolute atomic E-state index is 11.8. The standard InChI is InChI=1S/C12H16O7/c1-5-8(11(15)17-3)9-6(10(14)16-2)4-7(13)19-12(9)18-5/h5-6,8-9,12H,4H2,1-3H3/t5-,6+,8-,9?,12?/m1/s1. The van der Waals surface area contributed by atoms with Crippen molar-refractivity contribution in [1.29, 1.82) is 0 Å². The third-order valence-corrected chi connectivity index (χ3v) is 3.66. The van der Waals surface area contributed by atoms with Crippen LogP contribution in [0.1, 0.15) is 13.3 Å². The summed E-state index contributed by atoms with van der Waals surface area (Å²) in [7, 11) is 2.51. The molecule has 0 saturated carbocycles. The van der Waals surface area contributed by atoms with E-state index in [2.05, 4.69) is 4.74 Å². The van der Waals surface area contributed by atoms with Crippen LogP contribution in [0, 0.1) is 17.8 Å². The highest BCUT2D eigenvalue weighted by Gasteiger charge is 2.57. The van der Waals surface area contributed by atoms with Crippen LogP contribution in [0.15, 0.2) is 0 Å². The van der Waals surface area contributed by atoms with E-state index in [1.54, 1.807) is 6.92 Å². The van der Waals surface area contributed by atoms with Crippen LogP contribution >= 0.6 is 0 Å². The lowest BCUT2D eigenvalue weighted by molar-refractivity contribution is -0.201. The summed E-state index contributed by atoms with van der Waals surface area (Å²) in [5, 5.41) is 0. The van der Waals surface area contributed by atoms with Gasteiger partial charge >= 0.3 is 17.9 Å². The van der Waals surface area contributed by atoms with E-state index in [0.29, 0.717) is 0 Å². The van der Waals surface area contributed by atoms with Crippen LogP contribution in [0.2, 0.25) is 0 Å². The molecule has 7 nitrogen and oxygen atoms in total. The van der Waals surface area contributed by atoms with Gasteiger partial charge in [0, 0.05) is 0 Å². The molecule has 19 heavy (non-hydrogen) atoms. The first-order chi connectivity index (χ1) is 8.99. The summed E-state index contributed by atoms with van der Waals surface area (Å²) in [5.41, 5.74) is 0. The monoisotopic (exact) mass is 272 g/mol. The zero-order valence-corrected chi connectivity index (χ0v) is 11.0. The molecule has 0 bridgehead atoms. The summed E-state index contributed by atoms with van der Waals surface area (Å²) in [6, 6.07) is 0. The third-order valence-electron chi connectivity index (χ3n) is 3.66. The molecule has 0 radical (unpaired) electrons. The maximum Gasteiger partial charge on any atom is 0.311 e. The summed E-state index contributed by atoms with van der Waals surface area (Å²) in [6.07, 6.45) is -1.50. The summed E-state index contributed by atoms with van der Waals surface area (Å²) in [4.78, 5) is 35.1. The van der Waals surface area contributed by atoms with Crippen molar-refractivity contribution < 1.29 is 33.3 Å². The number of ether oxygens (including phenoxy) is 4. The minimum Gasteiger partial charge on any atom is -0.469 e. The van der Waals surface area contributed by atoms with E-state index in [0.717, 1.165) is 0 Å². The average molecular weight is 272 g/mol. The van der Waals surface area contributed by atoms with Crippen LogP contribution in [0.25, 0.3) is 0 Å². The number of fused-ring (bicyclic) bond motifs is 1. The summed E-state index contributed by atoms with van der Waals surface area (Å²) in [6.45, 7) is 1.68. The molecule has 2 saturated heterocycles. The second-order valence-corrected chi connectivity index (χ2v) is 4.66. The first-order valence-corrected chi connectivity index (χ1v) is 6.00. The van der Waals surface area contributed by atoms with Gasteiger partial charge < -0.3 is 18.9 Å². The SMILES string of the molecule is COC(=O)[C@H]1CC(=O)OC2O[C@H](C)[C@@H](C(=O)OC)C21. The van der Waals surface area contributed by atoms with Crippen molar-refractivity contribution >= 4 is 17.9 Å². The second-order valence-electron chi connectivity index (χ2n) is 4.66. The number of esters is 3. The molecule has 0 aromatic rings. The van der Waals surface area contributed by atoms with Crippen LogP contribution < -0.4 is 0 Å². The predicted octanol–water partition coefficient (Wildman–Crippen LogP) is -0.127. The molecule has 2 aliphatic rings. The molecule has 2 heterocycles. The van der Waals surface area contributed by atoms with Gasteiger partial charge in [0.05, 0.1) is 44.5 Å². The molecule has 0 aliphatic carbocycles. The maximum atomic E-state index is 11.8. The van der Waals surface area contributed by atoms with Crippen molar-refractivity contribution in [1.82, 2.24) is 0 Å². The topological polar surface area (TPSA) is 88.1 Å². The van der Waals surface area contributed by atoms with Crippen molar-refractivity contribution in [2.45, 2.75) is 25.7 Å². The van der Waals surface area contributed by atoms with Gasteiger partial charge in [-0.05, 0) is 6.92 Å². The largest absolute Gasteiger partial charge is 0.469 e. The Morgan fingerprint density at radius 1 is 1.21 bits per heavy atom. The molecule has 0 spiro atoms. The molecule has 0 aromatic carbocycles. The van der Waals surface area contributed by atoms with Crippen LogP contribution in [0.5, 0.6) is 0 Å². The van der Waals surface area contributed by atoms with Crippen molar-refractivity contribution in [3.8, 4) is 0 Å². The van der Waals surface area contributed by atoms with Gasteiger partial charge in [-0.3, -0.25) is 14.4 Å². The lowest BCUT2D eigenvalue weighted by Crippen LogP contribution is -2.44. The van der Waals surface area contributed by atoms with Crippen LogP contribution in [-0.2, 0) is 33.3 Å². The zero-order valence-electron chi connectivity index (χ0n) is 11.0. The van der Waals surface area contributed by atoms with Gasteiger partial charge in [0.2, 0.25) is 6.29 Å². The average Bonchev–Trinajstić information content (AvgIpc) is 2.71. The number of hydrogen-bond donors (Lipinski definition) is 0. The van der Waals surface area contributed by atoms with E-state index in [-0.39, 0.29) is 6.42 Å². The number of methoxy groups -OCH3 is 2. The summed E-state index contributed by atoms with van der Waals surface area (Å²) < 4.78 is 19.9. The Labute approximate surface area is 110 Å². The molecule has 2 fully saturated rings. The fraction of sp³-hybridized carbons (Fsp3) is 0.750. The normalized spacial score (nSPS) is 37.2. The number of carbonyl (C=O) groups excluding carboxylic acids is 3. The molecule has 0 N–H and O–H groups in total. The van der Waals surface area contributed by atoms with E-state index >= 15 is 0 Å². The predicted molar refractivity (Wildman–Crippen MR) is 59.5 cm³/mol. The Kier molecular flexibility index (Phi) is 3.75. The van der Waals surface area contributed by atoms with Crippen molar-refractivity contribution in [2.75, 3.05) is 14.2 Å². The molecule has 0 aromatic heterocycles. The molecular weight excluding hydrogens is 256 g/mol. The Morgan fingerprint density at radius 2 is 1.84 bits per heavy atom. The number of hydrogen-bond acceptors (Lipinski definition) is 7. The molecule has 2 aliphatic heterocycles. The van der Waals surface area contributed by atoms with Crippen LogP contribution in [0.3, 0.4) is 0 Å². The highest BCUT2D eigenvalue weighted by Crippen LogP contribution is 2.43. The third kappa shape index (κ3) is 2.30. The summed E-state index contributed by atoms with van der Waals surface area (Å²) >= 11 is 0. The van der Waals surface area contributed by atoms with Crippen molar-refractivity contribution in [3.05, 3.63) is 0 Å². The van der Waals surface area contributed by atoms with Gasteiger partial charge in [0.1, 0.15) is 0 Å². The Bertz CT molecular complexity index is 405. The van der Waals surface area contributed by atoms with E-state index in [9.17, 15) is 14.4 Å². The van der Waals surface area contributed by atoms with Gasteiger partial charge in [-0.2, -0.15) is 0 Å². The second kappa shape index (κ2) is 5.16.